The molecule has 1 aliphatic heterocycles. The average Bonchev–Trinajstić information content (AvgIpc) is 2.44. The van der Waals surface area contributed by atoms with Crippen LogP contribution in [0.4, 0.5) is 0 Å². The molecule has 112 valence electrons. The summed E-state index contributed by atoms with van der Waals surface area (Å²) in [7, 11) is 0. The monoisotopic (exact) mass is 338 g/mol. The van der Waals surface area contributed by atoms with E-state index in [0.29, 0.717) is 18.1 Å². The maximum Gasteiger partial charge on any atom is 0.0323 e. The highest BCUT2D eigenvalue weighted by molar-refractivity contribution is 9.10. The van der Waals surface area contributed by atoms with Crippen LogP contribution < -0.4 is 5.32 Å². The Morgan fingerprint density at radius 2 is 2.25 bits per heavy atom. The van der Waals surface area contributed by atoms with Gasteiger partial charge in [-0.3, -0.25) is 4.90 Å². The maximum absolute atomic E-state index is 3.68. The van der Waals surface area contributed by atoms with Crippen molar-refractivity contribution in [1.29, 1.82) is 0 Å². The van der Waals surface area contributed by atoms with E-state index in [9.17, 15) is 0 Å². The number of hydrogen-bond donors (Lipinski definition) is 1. The lowest BCUT2D eigenvalue weighted by molar-refractivity contribution is 0.0956. The molecule has 3 atom stereocenters. The first-order chi connectivity index (χ1) is 9.61. The zero-order valence-corrected chi connectivity index (χ0v) is 14.5. The van der Waals surface area contributed by atoms with E-state index >= 15 is 0 Å². The molecule has 0 spiro atoms. The van der Waals surface area contributed by atoms with Gasteiger partial charge in [-0.15, -0.1) is 0 Å². The van der Waals surface area contributed by atoms with Gasteiger partial charge in [-0.2, -0.15) is 0 Å². The molecule has 0 bridgehead atoms. The Hall–Kier alpha value is -0.380. The summed E-state index contributed by atoms with van der Waals surface area (Å²) in [5.74, 6) is 0. The van der Waals surface area contributed by atoms with Crippen LogP contribution >= 0.6 is 15.9 Å². The third-order valence-corrected chi connectivity index (χ3v) is 4.93. The minimum atomic E-state index is 0.495. The van der Waals surface area contributed by atoms with Gasteiger partial charge < -0.3 is 5.32 Å². The van der Waals surface area contributed by atoms with Gasteiger partial charge in [0.25, 0.3) is 0 Å². The minimum Gasteiger partial charge on any atom is -0.314 e. The molecule has 1 saturated heterocycles. The Morgan fingerprint density at radius 3 is 2.90 bits per heavy atom. The lowest BCUT2D eigenvalue weighted by Crippen LogP contribution is -2.48. The van der Waals surface area contributed by atoms with Crippen LogP contribution in [0.15, 0.2) is 28.7 Å². The number of hydrogen-bond acceptors (Lipinski definition) is 2. The van der Waals surface area contributed by atoms with Crippen molar-refractivity contribution in [3.63, 3.8) is 0 Å². The van der Waals surface area contributed by atoms with Crippen molar-refractivity contribution in [2.45, 2.75) is 58.2 Å². The molecule has 1 aromatic rings. The standard InChI is InChI=1S/C17H27BrN2/c1-4-9-19-17-8-10-20(13(2)11-17)14(3)15-6-5-7-16(18)12-15/h5-7,12-14,17,19H,4,8-11H2,1-3H3. The normalized spacial score (nSPS) is 25.6. The molecule has 3 heteroatoms. The largest absolute Gasteiger partial charge is 0.314 e. The van der Waals surface area contributed by atoms with E-state index in [1.165, 1.54) is 35.8 Å². The smallest absolute Gasteiger partial charge is 0.0323 e. The molecule has 0 aliphatic carbocycles. The third kappa shape index (κ3) is 4.06. The van der Waals surface area contributed by atoms with Crippen molar-refractivity contribution in [3.05, 3.63) is 34.3 Å². The Morgan fingerprint density at radius 1 is 1.45 bits per heavy atom. The summed E-state index contributed by atoms with van der Waals surface area (Å²) in [6, 6.07) is 10.6. The van der Waals surface area contributed by atoms with E-state index in [-0.39, 0.29) is 0 Å². The molecule has 1 aliphatic rings. The molecular weight excluding hydrogens is 312 g/mol. The molecule has 1 aromatic carbocycles. The summed E-state index contributed by atoms with van der Waals surface area (Å²) in [5.41, 5.74) is 1.41. The third-order valence-electron chi connectivity index (χ3n) is 4.44. The van der Waals surface area contributed by atoms with Crippen molar-refractivity contribution in [2.24, 2.45) is 0 Å². The number of benzene rings is 1. The molecule has 20 heavy (non-hydrogen) atoms. The second-order valence-electron chi connectivity index (χ2n) is 5.99. The van der Waals surface area contributed by atoms with Crippen LogP contribution in [0.25, 0.3) is 0 Å². The van der Waals surface area contributed by atoms with Gasteiger partial charge >= 0.3 is 0 Å². The predicted molar refractivity (Wildman–Crippen MR) is 90.0 cm³/mol. The van der Waals surface area contributed by atoms with Gasteiger partial charge in [-0.05, 0) is 57.4 Å². The van der Waals surface area contributed by atoms with Gasteiger partial charge in [0, 0.05) is 29.1 Å². The van der Waals surface area contributed by atoms with Crippen LogP contribution in [0, 0.1) is 0 Å². The number of piperidine rings is 1. The van der Waals surface area contributed by atoms with Crippen LogP contribution in [0.2, 0.25) is 0 Å². The summed E-state index contributed by atoms with van der Waals surface area (Å²) >= 11 is 3.58. The van der Waals surface area contributed by atoms with Crippen LogP contribution in [-0.2, 0) is 0 Å². The van der Waals surface area contributed by atoms with Crippen LogP contribution in [0.5, 0.6) is 0 Å². The van der Waals surface area contributed by atoms with Crippen molar-refractivity contribution in [1.82, 2.24) is 10.2 Å². The zero-order valence-electron chi connectivity index (χ0n) is 12.9. The molecule has 1 heterocycles. The van der Waals surface area contributed by atoms with E-state index in [4.69, 9.17) is 0 Å². The highest BCUT2D eigenvalue weighted by Gasteiger charge is 2.28. The van der Waals surface area contributed by atoms with E-state index in [1.54, 1.807) is 0 Å². The summed E-state index contributed by atoms with van der Waals surface area (Å²) in [5, 5.41) is 3.68. The average molecular weight is 339 g/mol. The van der Waals surface area contributed by atoms with Crippen molar-refractivity contribution in [3.8, 4) is 0 Å². The molecule has 0 amide bonds. The van der Waals surface area contributed by atoms with Crippen molar-refractivity contribution >= 4 is 15.9 Å². The topological polar surface area (TPSA) is 15.3 Å². The number of likely N-dealkylation sites (tertiary alicyclic amines) is 1. The lowest BCUT2D eigenvalue weighted by Gasteiger charge is -2.41. The molecular formula is C17H27BrN2. The van der Waals surface area contributed by atoms with E-state index in [1.807, 2.05) is 0 Å². The van der Waals surface area contributed by atoms with Crippen LogP contribution in [-0.4, -0.2) is 30.1 Å². The van der Waals surface area contributed by atoms with Gasteiger partial charge in [0.1, 0.15) is 0 Å². The Balaban J connectivity index is 1.96. The van der Waals surface area contributed by atoms with Gasteiger partial charge in [-0.25, -0.2) is 0 Å². The van der Waals surface area contributed by atoms with Gasteiger partial charge in [0.2, 0.25) is 0 Å². The van der Waals surface area contributed by atoms with Crippen LogP contribution in [0.1, 0.15) is 51.6 Å². The Bertz CT molecular complexity index is 421. The second-order valence-corrected chi connectivity index (χ2v) is 6.91. The molecule has 0 aromatic heterocycles. The Kier molecular flexibility index (Phi) is 6.06. The first kappa shape index (κ1) is 16.0. The summed E-state index contributed by atoms with van der Waals surface area (Å²) in [6.07, 6.45) is 3.75. The predicted octanol–water partition coefficient (Wildman–Crippen LogP) is 4.36. The van der Waals surface area contributed by atoms with Gasteiger partial charge in [-0.1, -0.05) is 35.0 Å². The maximum atomic E-state index is 3.68. The molecule has 0 saturated carbocycles. The quantitative estimate of drug-likeness (QED) is 0.857. The summed E-state index contributed by atoms with van der Waals surface area (Å²) in [6.45, 7) is 9.28. The van der Waals surface area contributed by atoms with E-state index < -0.39 is 0 Å². The number of nitrogens with zero attached hydrogens (tertiary/aromatic N) is 1. The first-order valence-electron chi connectivity index (χ1n) is 7.86. The number of rotatable bonds is 5. The second kappa shape index (κ2) is 7.58. The number of nitrogens with one attached hydrogen (secondary N) is 1. The zero-order chi connectivity index (χ0) is 14.5. The fourth-order valence-corrected chi connectivity index (χ4v) is 3.67. The van der Waals surface area contributed by atoms with Crippen molar-refractivity contribution < 1.29 is 0 Å². The van der Waals surface area contributed by atoms with Crippen molar-refractivity contribution in [2.75, 3.05) is 13.1 Å². The fourth-order valence-electron chi connectivity index (χ4n) is 3.26. The highest BCUT2D eigenvalue weighted by atomic mass is 79.9. The first-order valence-corrected chi connectivity index (χ1v) is 8.65. The highest BCUT2D eigenvalue weighted by Crippen LogP contribution is 2.29. The lowest BCUT2D eigenvalue weighted by atomic mass is 9.94. The molecule has 1 fully saturated rings. The molecule has 2 rings (SSSR count). The number of halogens is 1. The summed E-state index contributed by atoms with van der Waals surface area (Å²) < 4.78 is 1.18. The van der Waals surface area contributed by atoms with Gasteiger partial charge in [0.05, 0.1) is 0 Å². The Labute approximate surface area is 132 Å². The van der Waals surface area contributed by atoms with E-state index in [2.05, 4.69) is 71.2 Å². The minimum absolute atomic E-state index is 0.495. The van der Waals surface area contributed by atoms with Crippen LogP contribution in [0.3, 0.4) is 0 Å². The molecule has 3 unspecified atom stereocenters. The fraction of sp³-hybridized carbons (Fsp3) is 0.647. The SMILES string of the molecule is CCCNC1CCN(C(C)c2cccc(Br)c2)C(C)C1. The van der Waals surface area contributed by atoms with E-state index in [0.717, 1.165) is 6.54 Å². The summed E-state index contributed by atoms with van der Waals surface area (Å²) in [4.78, 5) is 2.64. The molecule has 2 nitrogen and oxygen atoms in total. The van der Waals surface area contributed by atoms with Gasteiger partial charge in [0.15, 0.2) is 0 Å². The molecule has 0 radical (unpaired) electrons. The molecule has 1 N–H and O–H groups in total.